The van der Waals surface area contributed by atoms with Crippen molar-refractivity contribution in [3.8, 4) is 0 Å². The van der Waals surface area contributed by atoms with Crippen molar-refractivity contribution in [1.82, 2.24) is 4.98 Å². The average Bonchev–Trinajstić information content (AvgIpc) is 3.25. The van der Waals surface area contributed by atoms with E-state index in [4.69, 9.17) is 21.1 Å². The first-order valence-corrected chi connectivity index (χ1v) is 13.3. The lowest BCUT2D eigenvalue weighted by molar-refractivity contribution is -0.144. The van der Waals surface area contributed by atoms with Crippen molar-refractivity contribution in [1.29, 1.82) is 0 Å². The van der Waals surface area contributed by atoms with Crippen LogP contribution in [0.2, 0.25) is 5.02 Å². The van der Waals surface area contributed by atoms with Crippen LogP contribution in [0, 0.1) is 12.8 Å². The van der Waals surface area contributed by atoms with Gasteiger partial charge in [-0.25, -0.2) is 9.78 Å². The van der Waals surface area contributed by atoms with Crippen LogP contribution in [-0.4, -0.2) is 36.4 Å². The Labute approximate surface area is 216 Å². The number of rotatable bonds is 11. The van der Waals surface area contributed by atoms with Crippen LogP contribution in [0.1, 0.15) is 68.1 Å². The molecule has 0 spiro atoms. The van der Waals surface area contributed by atoms with Crippen LogP contribution >= 0.6 is 22.9 Å². The number of thiazole rings is 1. The first kappa shape index (κ1) is 27.1. The zero-order chi connectivity index (χ0) is 25.4. The molecule has 2 atom stereocenters. The highest BCUT2D eigenvalue weighted by Gasteiger charge is 2.42. The molecule has 35 heavy (non-hydrogen) atoms. The van der Waals surface area contributed by atoms with E-state index >= 15 is 0 Å². The van der Waals surface area contributed by atoms with Crippen molar-refractivity contribution in [3.63, 3.8) is 0 Å². The van der Waals surface area contributed by atoms with Gasteiger partial charge in [0.1, 0.15) is 5.92 Å². The van der Waals surface area contributed by atoms with Gasteiger partial charge in [-0.15, -0.1) is 11.3 Å². The molecule has 8 heteroatoms. The minimum Gasteiger partial charge on any atom is -0.468 e. The van der Waals surface area contributed by atoms with Gasteiger partial charge in [0.25, 0.3) is 0 Å². The summed E-state index contributed by atoms with van der Waals surface area (Å²) in [4.78, 5) is 34.9. The summed E-state index contributed by atoms with van der Waals surface area (Å²) in [6, 6.07) is 7.23. The number of unbranched alkanes of at least 4 members (excludes halogenated alkanes) is 4. The molecule has 1 aliphatic heterocycles. The van der Waals surface area contributed by atoms with Gasteiger partial charge in [-0.3, -0.25) is 9.79 Å². The highest BCUT2D eigenvalue weighted by Crippen LogP contribution is 2.42. The zero-order valence-corrected chi connectivity index (χ0v) is 22.4. The second-order valence-electron chi connectivity index (χ2n) is 8.79. The number of methoxy groups -OCH3 is 1. The molecule has 0 amide bonds. The number of nitrogens with zero attached hydrogens (tertiary/aromatic N) is 2. The number of esters is 2. The molecule has 0 N–H and O–H groups in total. The SMILES string of the molecule is COC(=O)C1C(C)=NC(C)=C(C(=O)OCCCCCCCc2nc(C)cs2)C1c1ccccc1Cl. The van der Waals surface area contributed by atoms with E-state index in [2.05, 4.69) is 15.4 Å². The van der Waals surface area contributed by atoms with Crippen molar-refractivity contribution in [2.45, 2.75) is 65.2 Å². The largest absolute Gasteiger partial charge is 0.468 e. The summed E-state index contributed by atoms with van der Waals surface area (Å²) < 4.78 is 10.7. The maximum Gasteiger partial charge on any atom is 0.336 e. The number of carbonyl (C=O) groups is 2. The summed E-state index contributed by atoms with van der Waals surface area (Å²) in [5.41, 5.74) is 3.25. The first-order chi connectivity index (χ1) is 16.8. The number of allylic oxidation sites excluding steroid dienone is 1. The maximum atomic E-state index is 13.2. The Morgan fingerprint density at radius 1 is 1.06 bits per heavy atom. The van der Waals surface area contributed by atoms with E-state index in [1.165, 1.54) is 12.1 Å². The Balaban J connectivity index is 1.59. The Morgan fingerprint density at radius 2 is 1.77 bits per heavy atom. The molecular formula is C27H33ClN2O4S. The average molecular weight is 517 g/mol. The van der Waals surface area contributed by atoms with Crippen molar-refractivity contribution >= 4 is 40.6 Å². The fourth-order valence-corrected chi connectivity index (χ4v) is 5.54. The molecule has 2 heterocycles. The van der Waals surface area contributed by atoms with Crippen LogP contribution < -0.4 is 0 Å². The topological polar surface area (TPSA) is 77.8 Å². The summed E-state index contributed by atoms with van der Waals surface area (Å²) in [6.45, 7) is 5.88. The van der Waals surface area contributed by atoms with Crippen molar-refractivity contribution in [2.75, 3.05) is 13.7 Å². The van der Waals surface area contributed by atoms with E-state index < -0.39 is 23.8 Å². The van der Waals surface area contributed by atoms with Gasteiger partial charge in [-0.05, 0) is 51.7 Å². The molecule has 0 saturated heterocycles. The molecule has 188 valence electrons. The number of ether oxygens (including phenoxy) is 2. The number of benzene rings is 1. The van der Waals surface area contributed by atoms with E-state index in [1.54, 1.807) is 31.3 Å². The van der Waals surface area contributed by atoms with Crippen molar-refractivity contribution in [3.05, 3.63) is 62.2 Å². The standard InChI is InChI=1S/C27H33ClN2O4S/c1-17-16-35-22(29-17)14-8-6-5-7-11-15-34-27(32)24-19(3)30-18(2)23(26(31)33-4)25(24)20-12-9-10-13-21(20)28/h9-10,12-13,16,23,25H,5-8,11,14-15H2,1-4H3. The minimum atomic E-state index is -0.743. The number of halogens is 1. The lowest BCUT2D eigenvalue weighted by Crippen LogP contribution is -2.36. The number of aliphatic imine (C=N–C) groups is 1. The summed E-state index contributed by atoms with van der Waals surface area (Å²) in [6.07, 6.45) is 6.11. The van der Waals surface area contributed by atoms with Crippen LogP contribution in [0.4, 0.5) is 0 Å². The summed E-state index contributed by atoms with van der Waals surface area (Å²) in [5, 5.41) is 3.76. The Bertz CT molecular complexity index is 1110. The van der Waals surface area contributed by atoms with Crippen molar-refractivity contribution in [2.24, 2.45) is 10.9 Å². The fourth-order valence-electron chi connectivity index (χ4n) is 4.47. The number of hydrogen-bond acceptors (Lipinski definition) is 7. The Hall–Kier alpha value is -2.51. The second-order valence-corrected chi connectivity index (χ2v) is 10.1. The molecule has 0 aliphatic carbocycles. The second kappa shape index (κ2) is 13.0. The maximum absolute atomic E-state index is 13.2. The molecule has 6 nitrogen and oxygen atoms in total. The van der Waals surface area contributed by atoms with Crippen LogP contribution in [0.3, 0.4) is 0 Å². The number of aromatic nitrogens is 1. The van der Waals surface area contributed by atoms with Gasteiger partial charge in [-0.2, -0.15) is 0 Å². The van der Waals surface area contributed by atoms with Crippen LogP contribution in [0.25, 0.3) is 0 Å². The summed E-state index contributed by atoms with van der Waals surface area (Å²) in [7, 11) is 1.33. The van der Waals surface area contributed by atoms with Crippen LogP contribution in [-0.2, 0) is 25.5 Å². The Kier molecular flexibility index (Phi) is 10.0. The third kappa shape index (κ3) is 7.01. The lowest BCUT2D eigenvalue weighted by atomic mass is 9.75. The molecule has 0 radical (unpaired) electrons. The van der Waals surface area contributed by atoms with Gasteiger partial charge < -0.3 is 9.47 Å². The molecule has 0 fully saturated rings. The first-order valence-electron chi connectivity index (χ1n) is 12.0. The van der Waals surface area contributed by atoms with Gasteiger partial charge >= 0.3 is 11.9 Å². The fraction of sp³-hybridized carbons (Fsp3) is 0.481. The number of aryl methyl sites for hydroxylation is 2. The normalized spacial score (nSPS) is 17.8. The van der Waals surface area contributed by atoms with Gasteiger partial charge in [0.2, 0.25) is 0 Å². The summed E-state index contributed by atoms with van der Waals surface area (Å²) >= 11 is 8.22. The predicted octanol–water partition coefficient (Wildman–Crippen LogP) is 6.46. The molecule has 1 aromatic carbocycles. The number of hydrogen-bond donors (Lipinski definition) is 0. The molecular weight excluding hydrogens is 484 g/mol. The molecule has 2 aromatic rings. The van der Waals surface area contributed by atoms with Gasteiger partial charge in [0.15, 0.2) is 0 Å². The highest BCUT2D eigenvalue weighted by atomic mass is 35.5. The van der Waals surface area contributed by atoms with E-state index in [9.17, 15) is 9.59 Å². The van der Waals surface area contributed by atoms with Crippen LogP contribution in [0.15, 0.2) is 45.9 Å². The van der Waals surface area contributed by atoms with Gasteiger partial charge in [0, 0.05) is 33.4 Å². The third-order valence-corrected chi connectivity index (χ3v) is 7.55. The van der Waals surface area contributed by atoms with Crippen LogP contribution in [0.5, 0.6) is 0 Å². The summed E-state index contributed by atoms with van der Waals surface area (Å²) in [5.74, 6) is -2.28. The van der Waals surface area contributed by atoms with Crippen molar-refractivity contribution < 1.29 is 19.1 Å². The van der Waals surface area contributed by atoms with E-state index in [-0.39, 0.29) is 0 Å². The predicted molar refractivity (Wildman–Crippen MR) is 140 cm³/mol. The monoisotopic (exact) mass is 516 g/mol. The quantitative estimate of drug-likeness (QED) is 0.253. The van der Waals surface area contributed by atoms with E-state index in [1.807, 2.05) is 25.1 Å². The minimum absolute atomic E-state index is 0.322. The zero-order valence-electron chi connectivity index (χ0n) is 20.8. The highest BCUT2D eigenvalue weighted by molar-refractivity contribution is 7.09. The lowest BCUT2D eigenvalue weighted by Gasteiger charge is -2.31. The Morgan fingerprint density at radius 3 is 2.46 bits per heavy atom. The molecule has 2 unspecified atom stereocenters. The van der Waals surface area contributed by atoms with E-state index in [0.29, 0.717) is 34.2 Å². The molecule has 1 aromatic heterocycles. The number of carbonyl (C=O) groups excluding carboxylic acids is 2. The van der Waals surface area contributed by atoms with Gasteiger partial charge in [0.05, 0.1) is 24.3 Å². The molecule has 0 saturated carbocycles. The molecule has 0 bridgehead atoms. The van der Waals surface area contributed by atoms with E-state index in [0.717, 1.165) is 44.2 Å². The van der Waals surface area contributed by atoms with Gasteiger partial charge in [-0.1, -0.05) is 49.1 Å². The smallest absolute Gasteiger partial charge is 0.336 e. The molecule has 3 rings (SSSR count). The third-order valence-electron chi connectivity index (χ3n) is 6.18. The molecule has 1 aliphatic rings.